The fraction of sp³-hybridized carbons (Fsp3) is 0.118. The van der Waals surface area contributed by atoms with Crippen LogP contribution >= 0.6 is 23.4 Å². The van der Waals surface area contributed by atoms with Crippen LogP contribution < -0.4 is 16.2 Å². The second-order valence-electron chi connectivity index (χ2n) is 5.31. The number of amides is 3. The van der Waals surface area contributed by atoms with Gasteiger partial charge in [-0.15, -0.1) is 11.8 Å². The standard InChI is InChI=1S/C17H14ClN3O3S/c18-11-5-3-4-10(8-11)16(23)21-20-15(22)9-14-17(24)19-12-6-1-2-7-13(12)25-14/h1-8,14H,9H2,(H,19,24)(H,20,22)(H,21,23)/t14-/m0/s1. The number of carbonyl (C=O) groups is 3. The maximum atomic E-state index is 12.1. The fourth-order valence-corrected chi connectivity index (χ4v) is 3.58. The second kappa shape index (κ2) is 7.58. The molecule has 0 bridgehead atoms. The van der Waals surface area contributed by atoms with E-state index in [9.17, 15) is 14.4 Å². The Morgan fingerprint density at radius 2 is 1.92 bits per heavy atom. The van der Waals surface area contributed by atoms with Crippen LogP contribution in [-0.4, -0.2) is 23.0 Å². The molecule has 128 valence electrons. The Balaban J connectivity index is 1.54. The average molecular weight is 376 g/mol. The molecular formula is C17H14ClN3O3S. The largest absolute Gasteiger partial charge is 0.324 e. The zero-order chi connectivity index (χ0) is 17.8. The zero-order valence-electron chi connectivity index (χ0n) is 12.9. The number of hydrogen-bond acceptors (Lipinski definition) is 4. The van der Waals surface area contributed by atoms with Crippen molar-refractivity contribution in [3.8, 4) is 0 Å². The molecule has 0 aliphatic carbocycles. The highest BCUT2D eigenvalue weighted by molar-refractivity contribution is 8.01. The summed E-state index contributed by atoms with van der Waals surface area (Å²) < 4.78 is 0. The van der Waals surface area contributed by atoms with Crippen LogP contribution in [0.2, 0.25) is 5.02 Å². The second-order valence-corrected chi connectivity index (χ2v) is 6.99. The van der Waals surface area contributed by atoms with Crippen LogP contribution in [-0.2, 0) is 9.59 Å². The Morgan fingerprint density at radius 3 is 2.72 bits per heavy atom. The molecule has 0 saturated heterocycles. The van der Waals surface area contributed by atoms with Crippen molar-refractivity contribution in [2.75, 3.05) is 5.32 Å². The van der Waals surface area contributed by atoms with E-state index in [0.29, 0.717) is 10.6 Å². The number of anilines is 1. The molecule has 6 nitrogen and oxygen atoms in total. The quantitative estimate of drug-likeness (QED) is 0.719. The molecule has 2 aromatic carbocycles. The summed E-state index contributed by atoms with van der Waals surface area (Å²) in [7, 11) is 0. The van der Waals surface area contributed by atoms with Gasteiger partial charge in [0.1, 0.15) is 0 Å². The highest BCUT2D eigenvalue weighted by atomic mass is 35.5. The summed E-state index contributed by atoms with van der Waals surface area (Å²) >= 11 is 7.15. The van der Waals surface area contributed by atoms with Crippen molar-refractivity contribution in [1.29, 1.82) is 0 Å². The van der Waals surface area contributed by atoms with Gasteiger partial charge in [0.2, 0.25) is 11.8 Å². The van der Waals surface area contributed by atoms with Crippen LogP contribution in [0.15, 0.2) is 53.4 Å². The first-order valence-electron chi connectivity index (χ1n) is 7.44. The topological polar surface area (TPSA) is 87.3 Å². The highest BCUT2D eigenvalue weighted by Crippen LogP contribution is 2.36. The molecule has 8 heteroatoms. The van der Waals surface area contributed by atoms with Gasteiger partial charge in [0.15, 0.2) is 0 Å². The van der Waals surface area contributed by atoms with Gasteiger partial charge in [0.05, 0.1) is 10.9 Å². The Labute approximate surface area is 153 Å². The van der Waals surface area contributed by atoms with Crippen molar-refractivity contribution in [3.05, 3.63) is 59.1 Å². The van der Waals surface area contributed by atoms with E-state index >= 15 is 0 Å². The number of hydrazine groups is 1. The molecule has 0 radical (unpaired) electrons. The normalized spacial score (nSPS) is 15.7. The minimum atomic E-state index is -0.557. The van der Waals surface area contributed by atoms with E-state index in [0.717, 1.165) is 10.6 Å². The van der Waals surface area contributed by atoms with Crippen molar-refractivity contribution in [1.82, 2.24) is 10.9 Å². The summed E-state index contributed by atoms with van der Waals surface area (Å²) in [5.74, 6) is -1.18. The SMILES string of the molecule is O=C(C[C@@H]1Sc2ccccc2NC1=O)NNC(=O)c1cccc(Cl)c1. The van der Waals surface area contributed by atoms with Crippen LogP contribution in [0.3, 0.4) is 0 Å². The highest BCUT2D eigenvalue weighted by Gasteiger charge is 2.28. The van der Waals surface area contributed by atoms with Crippen LogP contribution in [0.4, 0.5) is 5.69 Å². The van der Waals surface area contributed by atoms with Gasteiger partial charge in [0.25, 0.3) is 5.91 Å². The van der Waals surface area contributed by atoms with E-state index in [4.69, 9.17) is 11.6 Å². The number of carbonyl (C=O) groups excluding carboxylic acids is 3. The molecule has 0 spiro atoms. The minimum absolute atomic E-state index is 0.0549. The molecule has 0 fully saturated rings. The Hall–Kier alpha value is -2.51. The fourth-order valence-electron chi connectivity index (χ4n) is 2.27. The lowest BCUT2D eigenvalue weighted by molar-refractivity contribution is -0.124. The molecule has 0 unspecified atom stereocenters. The Kier molecular flexibility index (Phi) is 5.25. The van der Waals surface area contributed by atoms with E-state index in [1.165, 1.54) is 17.8 Å². The molecule has 1 atom stereocenters. The molecule has 25 heavy (non-hydrogen) atoms. The van der Waals surface area contributed by atoms with Crippen molar-refractivity contribution in [3.63, 3.8) is 0 Å². The molecule has 1 aliphatic heterocycles. The molecule has 1 heterocycles. The molecule has 3 amide bonds. The predicted molar refractivity (Wildman–Crippen MR) is 96.4 cm³/mol. The van der Waals surface area contributed by atoms with E-state index in [1.54, 1.807) is 18.2 Å². The maximum Gasteiger partial charge on any atom is 0.269 e. The number of para-hydroxylation sites is 1. The van der Waals surface area contributed by atoms with Gasteiger partial charge in [-0.1, -0.05) is 29.8 Å². The Bertz CT molecular complexity index is 843. The molecule has 3 rings (SSSR count). The number of halogens is 1. The lowest BCUT2D eigenvalue weighted by atomic mass is 10.2. The van der Waals surface area contributed by atoms with Gasteiger partial charge in [0, 0.05) is 21.9 Å². The number of fused-ring (bicyclic) bond motifs is 1. The first-order chi connectivity index (χ1) is 12.0. The van der Waals surface area contributed by atoms with Gasteiger partial charge in [-0.25, -0.2) is 0 Å². The minimum Gasteiger partial charge on any atom is -0.324 e. The van der Waals surface area contributed by atoms with Gasteiger partial charge in [-0.05, 0) is 30.3 Å². The molecule has 1 aliphatic rings. The van der Waals surface area contributed by atoms with Gasteiger partial charge in [-0.2, -0.15) is 0 Å². The molecule has 2 aromatic rings. The van der Waals surface area contributed by atoms with E-state index in [-0.39, 0.29) is 12.3 Å². The van der Waals surface area contributed by atoms with Crippen molar-refractivity contribution >= 4 is 46.8 Å². The van der Waals surface area contributed by atoms with Crippen molar-refractivity contribution in [2.45, 2.75) is 16.6 Å². The lowest BCUT2D eigenvalue weighted by Crippen LogP contribution is -2.44. The number of thioether (sulfide) groups is 1. The number of nitrogens with one attached hydrogen (secondary N) is 3. The van der Waals surface area contributed by atoms with Crippen LogP contribution in [0.5, 0.6) is 0 Å². The monoisotopic (exact) mass is 375 g/mol. The van der Waals surface area contributed by atoms with Crippen LogP contribution in [0.25, 0.3) is 0 Å². The number of rotatable bonds is 3. The van der Waals surface area contributed by atoms with Crippen molar-refractivity contribution < 1.29 is 14.4 Å². The lowest BCUT2D eigenvalue weighted by Gasteiger charge is -2.23. The number of benzene rings is 2. The van der Waals surface area contributed by atoms with Crippen molar-refractivity contribution in [2.24, 2.45) is 0 Å². The summed E-state index contributed by atoms with van der Waals surface area (Å²) in [4.78, 5) is 37.0. The molecule has 0 aromatic heterocycles. The summed E-state index contributed by atoms with van der Waals surface area (Å²) in [6, 6.07) is 13.7. The van der Waals surface area contributed by atoms with Gasteiger partial charge < -0.3 is 5.32 Å². The van der Waals surface area contributed by atoms with Crippen LogP contribution in [0, 0.1) is 0 Å². The summed E-state index contributed by atoms with van der Waals surface area (Å²) in [6.45, 7) is 0. The third-order valence-corrected chi connectivity index (χ3v) is 4.99. The molecule has 0 saturated carbocycles. The molecule has 3 N–H and O–H groups in total. The first-order valence-corrected chi connectivity index (χ1v) is 8.70. The Morgan fingerprint density at radius 1 is 1.12 bits per heavy atom. The van der Waals surface area contributed by atoms with Crippen LogP contribution in [0.1, 0.15) is 16.8 Å². The van der Waals surface area contributed by atoms with E-state index in [2.05, 4.69) is 16.2 Å². The average Bonchev–Trinajstić information content (AvgIpc) is 2.60. The van der Waals surface area contributed by atoms with Gasteiger partial charge >= 0.3 is 0 Å². The summed E-state index contributed by atoms with van der Waals surface area (Å²) in [5, 5.41) is 2.64. The maximum absolute atomic E-state index is 12.1. The molecular weight excluding hydrogens is 362 g/mol. The van der Waals surface area contributed by atoms with Gasteiger partial charge in [-0.3, -0.25) is 25.2 Å². The van der Waals surface area contributed by atoms with E-state index < -0.39 is 17.1 Å². The first kappa shape index (κ1) is 17.3. The third kappa shape index (κ3) is 4.32. The summed E-state index contributed by atoms with van der Waals surface area (Å²) in [5.41, 5.74) is 5.69. The summed E-state index contributed by atoms with van der Waals surface area (Å²) in [6.07, 6.45) is -0.0549. The third-order valence-electron chi connectivity index (χ3n) is 3.48. The smallest absolute Gasteiger partial charge is 0.269 e. The van der Waals surface area contributed by atoms with E-state index in [1.807, 2.05) is 24.3 Å². The predicted octanol–water partition coefficient (Wildman–Crippen LogP) is 2.60. The number of hydrogen-bond donors (Lipinski definition) is 3. The zero-order valence-corrected chi connectivity index (χ0v) is 14.5.